The van der Waals surface area contributed by atoms with Gasteiger partial charge >= 0.3 is 0 Å². The van der Waals surface area contributed by atoms with Gasteiger partial charge in [-0.1, -0.05) is 0 Å². The smallest absolute Gasteiger partial charge is 0.0541 e. The van der Waals surface area contributed by atoms with E-state index in [1.807, 2.05) is 0 Å². The number of aliphatic hydroxyl groups is 1. The molecule has 2 fully saturated rings. The SMILES string of the molecule is CN1CCN(C2CCC(O)CC2)CC1. The van der Waals surface area contributed by atoms with E-state index < -0.39 is 0 Å². The Morgan fingerprint density at radius 3 is 2.07 bits per heavy atom. The summed E-state index contributed by atoms with van der Waals surface area (Å²) >= 11 is 0. The van der Waals surface area contributed by atoms with Gasteiger partial charge in [-0.3, -0.25) is 4.90 Å². The van der Waals surface area contributed by atoms with Gasteiger partial charge in [0.05, 0.1) is 6.10 Å². The zero-order valence-electron chi connectivity index (χ0n) is 9.15. The maximum atomic E-state index is 9.44. The Kier molecular flexibility index (Phi) is 3.42. The zero-order valence-corrected chi connectivity index (χ0v) is 9.15. The minimum Gasteiger partial charge on any atom is -0.393 e. The zero-order chi connectivity index (χ0) is 9.97. The average Bonchev–Trinajstić information content (AvgIpc) is 2.21. The number of likely N-dealkylation sites (N-methyl/N-ethyl adjacent to an activating group) is 1. The Bertz CT molecular complexity index is 150. The van der Waals surface area contributed by atoms with E-state index in [0.717, 1.165) is 18.9 Å². The number of hydrogen-bond donors (Lipinski definition) is 1. The number of nitrogens with zero attached hydrogens (tertiary/aromatic N) is 2. The standard InChI is InChI=1S/C11H22N2O/c1-12-6-8-13(9-7-12)10-2-4-11(14)5-3-10/h10-11,14H,2-9H2,1H3. The van der Waals surface area contributed by atoms with Crippen LogP contribution in [0.15, 0.2) is 0 Å². The van der Waals surface area contributed by atoms with E-state index in [9.17, 15) is 5.11 Å². The Labute approximate surface area is 86.7 Å². The van der Waals surface area contributed by atoms with Gasteiger partial charge in [0.1, 0.15) is 0 Å². The summed E-state index contributed by atoms with van der Waals surface area (Å²) in [5.74, 6) is 0. The van der Waals surface area contributed by atoms with Crippen molar-refractivity contribution in [3.05, 3.63) is 0 Å². The summed E-state index contributed by atoms with van der Waals surface area (Å²) in [5.41, 5.74) is 0. The lowest BCUT2D eigenvalue weighted by atomic mass is 9.91. The van der Waals surface area contributed by atoms with Crippen LogP contribution >= 0.6 is 0 Å². The molecule has 0 aromatic carbocycles. The van der Waals surface area contributed by atoms with Crippen LogP contribution in [-0.2, 0) is 0 Å². The molecular formula is C11H22N2O. The van der Waals surface area contributed by atoms with Crippen LogP contribution < -0.4 is 0 Å². The second-order valence-electron chi connectivity index (χ2n) is 4.80. The summed E-state index contributed by atoms with van der Waals surface area (Å²) in [6.07, 6.45) is 4.41. The molecule has 1 saturated carbocycles. The third-order valence-corrected chi connectivity index (χ3v) is 3.72. The minimum absolute atomic E-state index is 0.0151. The summed E-state index contributed by atoms with van der Waals surface area (Å²) in [5, 5.41) is 9.44. The van der Waals surface area contributed by atoms with Crippen LogP contribution in [0.4, 0.5) is 0 Å². The maximum absolute atomic E-state index is 9.44. The van der Waals surface area contributed by atoms with Gasteiger partial charge in [-0.25, -0.2) is 0 Å². The lowest BCUT2D eigenvalue weighted by Gasteiger charge is -2.40. The molecule has 3 heteroatoms. The third kappa shape index (κ3) is 2.47. The van der Waals surface area contributed by atoms with Gasteiger partial charge in [-0.15, -0.1) is 0 Å². The molecule has 1 N–H and O–H groups in total. The first-order valence-electron chi connectivity index (χ1n) is 5.86. The predicted molar refractivity (Wildman–Crippen MR) is 57.3 cm³/mol. The van der Waals surface area contributed by atoms with E-state index in [4.69, 9.17) is 0 Å². The van der Waals surface area contributed by atoms with Crippen LogP contribution in [0.2, 0.25) is 0 Å². The van der Waals surface area contributed by atoms with Gasteiger partial charge in [0.2, 0.25) is 0 Å². The molecule has 14 heavy (non-hydrogen) atoms. The van der Waals surface area contributed by atoms with Crippen LogP contribution in [0.3, 0.4) is 0 Å². The first-order chi connectivity index (χ1) is 6.75. The van der Waals surface area contributed by atoms with Crippen molar-refractivity contribution in [2.45, 2.75) is 37.8 Å². The highest BCUT2D eigenvalue weighted by Gasteiger charge is 2.26. The molecule has 0 bridgehead atoms. The molecule has 0 aromatic rings. The van der Waals surface area contributed by atoms with Crippen LogP contribution in [0.5, 0.6) is 0 Å². The minimum atomic E-state index is -0.0151. The van der Waals surface area contributed by atoms with Crippen molar-refractivity contribution >= 4 is 0 Å². The van der Waals surface area contributed by atoms with Gasteiger partial charge in [0, 0.05) is 32.2 Å². The normalized spacial score (nSPS) is 37.3. The van der Waals surface area contributed by atoms with Crippen LogP contribution in [0.25, 0.3) is 0 Å². The largest absolute Gasteiger partial charge is 0.393 e. The number of rotatable bonds is 1. The van der Waals surface area contributed by atoms with Crippen molar-refractivity contribution in [2.24, 2.45) is 0 Å². The fraction of sp³-hybridized carbons (Fsp3) is 1.00. The molecule has 2 aliphatic rings. The second kappa shape index (κ2) is 4.60. The van der Waals surface area contributed by atoms with Crippen molar-refractivity contribution in [1.82, 2.24) is 9.80 Å². The highest BCUT2D eigenvalue weighted by molar-refractivity contribution is 4.82. The maximum Gasteiger partial charge on any atom is 0.0541 e. The molecule has 0 radical (unpaired) electrons. The van der Waals surface area contributed by atoms with Gasteiger partial charge in [-0.05, 0) is 32.7 Å². The third-order valence-electron chi connectivity index (χ3n) is 3.72. The van der Waals surface area contributed by atoms with E-state index in [1.165, 1.54) is 39.0 Å². The predicted octanol–water partition coefficient (Wildman–Crippen LogP) is 0.537. The van der Waals surface area contributed by atoms with Crippen molar-refractivity contribution in [3.63, 3.8) is 0 Å². The lowest BCUT2D eigenvalue weighted by Crippen LogP contribution is -2.50. The van der Waals surface area contributed by atoms with Gasteiger partial charge in [-0.2, -0.15) is 0 Å². The molecule has 2 rings (SSSR count). The summed E-state index contributed by atoms with van der Waals surface area (Å²) in [6, 6.07) is 0.757. The van der Waals surface area contributed by atoms with Crippen LogP contribution in [-0.4, -0.2) is 60.3 Å². The van der Waals surface area contributed by atoms with Crippen molar-refractivity contribution in [1.29, 1.82) is 0 Å². The molecule has 0 unspecified atom stereocenters. The van der Waals surface area contributed by atoms with Crippen molar-refractivity contribution in [2.75, 3.05) is 33.2 Å². The van der Waals surface area contributed by atoms with Gasteiger partial charge in [0.25, 0.3) is 0 Å². The number of hydrogen-bond acceptors (Lipinski definition) is 3. The first-order valence-corrected chi connectivity index (χ1v) is 5.86. The Hall–Kier alpha value is -0.120. The molecule has 1 saturated heterocycles. The molecule has 82 valence electrons. The van der Waals surface area contributed by atoms with E-state index >= 15 is 0 Å². The summed E-state index contributed by atoms with van der Waals surface area (Å²) in [6.45, 7) is 4.85. The summed E-state index contributed by atoms with van der Waals surface area (Å²) < 4.78 is 0. The summed E-state index contributed by atoms with van der Waals surface area (Å²) in [7, 11) is 2.20. The van der Waals surface area contributed by atoms with Crippen LogP contribution in [0.1, 0.15) is 25.7 Å². The molecule has 3 nitrogen and oxygen atoms in total. The van der Waals surface area contributed by atoms with E-state index in [0.29, 0.717) is 0 Å². The molecule has 1 aliphatic heterocycles. The second-order valence-corrected chi connectivity index (χ2v) is 4.80. The first kappa shape index (κ1) is 10.4. The highest BCUT2D eigenvalue weighted by atomic mass is 16.3. The lowest BCUT2D eigenvalue weighted by molar-refractivity contribution is 0.0498. The molecule has 0 atom stereocenters. The molecule has 0 aromatic heterocycles. The van der Waals surface area contributed by atoms with Crippen molar-refractivity contribution < 1.29 is 5.11 Å². The van der Waals surface area contributed by atoms with Gasteiger partial charge in [0.15, 0.2) is 0 Å². The fourth-order valence-electron chi connectivity index (χ4n) is 2.61. The fourth-order valence-corrected chi connectivity index (χ4v) is 2.61. The topological polar surface area (TPSA) is 26.7 Å². The van der Waals surface area contributed by atoms with E-state index in [1.54, 1.807) is 0 Å². The summed E-state index contributed by atoms with van der Waals surface area (Å²) in [4.78, 5) is 5.01. The quantitative estimate of drug-likeness (QED) is 0.666. The molecule has 1 aliphatic carbocycles. The van der Waals surface area contributed by atoms with E-state index in [-0.39, 0.29) is 6.10 Å². The monoisotopic (exact) mass is 198 g/mol. The Morgan fingerprint density at radius 1 is 0.929 bits per heavy atom. The average molecular weight is 198 g/mol. The van der Waals surface area contributed by atoms with Crippen molar-refractivity contribution in [3.8, 4) is 0 Å². The van der Waals surface area contributed by atoms with E-state index in [2.05, 4.69) is 16.8 Å². The van der Waals surface area contributed by atoms with Crippen LogP contribution in [0, 0.1) is 0 Å². The Morgan fingerprint density at radius 2 is 1.50 bits per heavy atom. The number of aliphatic hydroxyl groups excluding tert-OH is 1. The van der Waals surface area contributed by atoms with Gasteiger partial charge < -0.3 is 10.0 Å². The molecule has 0 spiro atoms. The number of piperazine rings is 1. The Balaban J connectivity index is 1.78. The highest BCUT2D eigenvalue weighted by Crippen LogP contribution is 2.23. The molecular weight excluding hydrogens is 176 g/mol. The molecule has 0 amide bonds. The molecule has 1 heterocycles.